The zero-order chi connectivity index (χ0) is 18.2. The number of rotatable bonds is 4. The minimum atomic E-state index is -0.326. The summed E-state index contributed by atoms with van der Waals surface area (Å²) in [5, 5.41) is 0. The minimum absolute atomic E-state index is 0.157. The van der Waals surface area contributed by atoms with Crippen molar-refractivity contribution in [1.82, 2.24) is 14.5 Å². The number of para-hydroxylation sites is 1. The fourth-order valence-electron chi connectivity index (χ4n) is 4.47. The van der Waals surface area contributed by atoms with Gasteiger partial charge < -0.3 is 14.2 Å². The summed E-state index contributed by atoms with van der Waals surface area (Å²) in [5.74, 6) is 3.57. The van der Waals surface area contributed by atoms with Gasteiger partial charge in [-0.2, -0.15) is 0 Å². The van der Waals surface area contributed by atoms with E-state index in [4.69, 9.17) is 4.74 Å². The number of hydrogen-bond donors (Lipinski definition) is 0. The highest BCUT2D eigenvalue weighted by Crippen LogP contribution is 2.34. The molecule has 1 aliphatic carbocycles. The predicted molar refractivity (Wildman–Crippen MR) is 103 cm³/mol. The maximum atomic E-state index is 13.0. The number of piperidine rings is 1. The van der Waals surface area contributed by atoms with Crippen LogP contribution >= 0.6 is 0 Å². The van der Waals surface area contributed by atoms with E-state index in [-0.39, 0.29) is 12.0 Å². The molecule has 3 aliphatic rings. The molecule has 27 heavy (non-hydrogen) atoms. The first-order valence-corrected chi connectivity index (χ1v) is 10.3. The Kier molecular flexibility index (Phi) is 4.38. The molecule has 1 atom stereocenters. The minimum Gasteiger partial charge on any atom is -0.480 e. The van der Waals surface area contributed by atoms with Crippen LogP contribution in [0.5, 0.6) is 5.75 Å². The molecule has 1 saturated carbocycles. The second-order valence-electron chi connectivity index (χ2n) is 8.23. The molecule has 1 aromatic heterocycles. The zero-order valence-corrected chi connectivity index (χ0v) is 15.7. The van der Waals surface area contributed by atoms with Crippen LogP contribution in [-0.4, -0.2) is 39.6 Å². The number of aromatic nitrogens is 2. The second-order valence-corrected chi connectivity index (χ2v) is 8.23. The molecule has 5 heteroatoms. The smallest absolute Gasteiger partial charge is 0.263 e. The third-order valence-corrected chi connectivity index (χ3v) is 6.26. The van der Waals surface area contributed by atoms with Crippen LogP contribution in [0.2, 0.25) is 0 Å². The first-order chi connectivity index (χ1) is 13.3. The zero-order valence-electron chi connectivity index (χ0n) is 15.7. The van der Waals surface area contributed by atoms with E-state index in [0.29, 0.717) is 5.92 Å². The summed E-state index contributed by atoms with van der Waals surface area (Å²) in [5.41, 5.74) is 1.21. The van der Waals surface area contributed by atoms with Crippen molar-refractivity contribution in [2.75, 3.05) is 13.1 Å². The molecule has 2 aromatic rings. The van der Waals surface area contributed by atoms with Crippen LogP contribution in [0.15, 0.2) is 36.7 Å². The van der Waals surface area contributed by atoms with Gasteiger partial charge in [0.2, 0.25) is 0 Å². The topological polar surface area (TPSA) is 47.4 Å². The van der Waals surface area contributed by atoms with Gasteiger partial charge in [0.15, 0.2) is 6.10 Å². The van der Waals surface area contributed by atoms with Crippen molar-refractivity contribution in [3.05, 3.63) is 48.0 Å². The quantitative estimate of drug-likeness (QED) is 0.834. The van der Waals surface area contributed by atoms with Gasteiger partial charge in [-0.25, -0.2) is 4.98 Å². The van der Waals surface area contributed by atoms with Gasteiger partial charge in [-0.15, -0.1) is 0 Å². The van der Waals surface area contributed by atoms with Crippen molar-refractivity contribution in [2.45, 2.75) is 57.1 Å². The SMILES string of the molecule is O=C([C@H]1CCc2ccccc2O1)N1CCC(c2nccn2CC2CC2)CC1. The van der Waals surface area contributed by atoms with Gasteiger partial charge in [0.1, 0.15) is 11.6 Å². The fourth-order valence-corrected chi connectivity index (χ4v) is 4.47. The number of nitrogens with zero attached hydrogens (tertiary/aromatic N) is 3. The summed E-state index contributed by atoms with van der Waals surface area (Å²) in [6.07, 6.45) is 10.1. The van der Waals surface area contributed by atoms with Gasteiger partial charge in [0.05, 0.1) is 0 Å². The molecule has 0 spiro atoms. The Morgan fingerprint density at radius 3 is 2.74 bits per heavy atom. The number of likely N-dealkylation sites (tertiary alicyclic amines) is 1. The standard InChI is InChI=1S/C22H27N3O2/c26-22(20-8-7-17-3-1-2-4-19(17)27-20)24-12-9-18(10-13-24)21-23-11-14-25(21)15-16-5-6-16/h1-4,11,14,16,18,20H,5-10,12-13,15H2/t20-/m1/s1. The number of amides is 1. The van der Waals surface area contributed by atoms with Crippen molar-refractivity contribution >= 4 is 5.91 Å². The van der Waals surface area contributed by atoms with E-state index in [2.05, 4.69) is 21.8 Å². The highest BCUT2D eigenvalue weighted by atomic mass is 16.5. The molecule has 2 fully saturated rings. The maximum Gasteiger partial charge on any atom is 0.263 e. The van der Waals surface area contributed by atoms with Crippen LogP contribution < -0.4 is 4.74 Å². The van der Waals surface area contributed by atoms with Gasteiger partial charge >= 0.3 is 0 Å². The van der Waals surface area contributed by atoms with Crippen molar-refractivity contribution < 1.29 is 9.53 Å². The number of carbonyl (C=O) groups is 1. The Bertz CT molecular complexity index is 818. The van der Waals surface area contributed by atoms with Crippen molar-refractivity contribution in [3.8, 4) is 5.75 Å². The first-order valence-electron chi connectivity index (χ1n) is 10.3. The Morgan fingerprint density at radius 1 is 1.11 bits per heavy atom. The Hall–Kier alpha value is -2.30. The Balaban J connectivity index is 1.19. The van der Waals surface area contributed by atoms with Crippen molar-refractivity contribution in [1.29, 1.82) is 0 Å². The van der Waals surface area contributed by atoms with Crippen LogP contribution in [0.3, 0.4) is 0 Å². The molecule has 0 N–H and O–H groups in total. The van der Waals surface area contributed by atoms with Crippen LogP contribution in [0.1, 0.15) is 49.4 Å². The van der Waals surface area contributed by atoms with Gasteiger partial charge in [0.25, 0.3) is 5.91 Å². The van der Waals surface area contributed by atoms with Gasteiger partial charge in [-0.1, -0.05) is 18.2 Å². The molecule has 5 rings (SSSR count). The number of fused-ring (bicyclic) bond motifs is 1. The molecule has 1 amide bonds. The summed E-state index contributed by atoms with van der Waals surface area (Å²) >= 11 is 0. The second kappa shape index (κ2) is 7.02. The molecule has 5 nitrogen and oxygen atoms in total. The monoisotopic (exact) mass is 365 g/mol. The van der Waals surface area contributed by atoms with E-state index in [0.717, 1.165) is 57.0 Å². The van der Waals surface area contributed by atoms with Crippen molar-refractivity contribution in [2.24, 2.45) is 5.92 Å². The summed E-state index contributed by atoms with van der Waals surface area (Å²) in [4.78, 5) is 19.6. The Morgan fingerprint density at radius 2 is 1.93 bits per heavy atom. The third-order valence-electron chi connectivity index (χ3n) is 6.26. The van der Waals surface area contributed by atoms with Gasteiger partial charge in [-0.05, 0) is 56.1 Å². The number of aryl methyl sites for hydroxylation is 1. The summed E-state index contributed by atoms with van der Waals surface area (Å²) < 4.78 is 8.36. The van der Waals surface area contributed by atoms with Crippen LogP contribution in [0.25, 0.3) is 0 Å². The molecule has 3 heterocycles. The first kappa shape index (κ1) is 16.8. The van der Waals surface area contributed by atoms with Crippen LogP contribution in [0, 0.1) is 5.92 Å². The third kappa shape index (κ3) is 3.47. The molecule has 1 saturated heterocycles. The fraction of sp³-hybridized carbons (Fsp3) is 0.545. The predicted octanol–water partition coefficient (Wildman–Crippen LogP) is 3.39. The molecular formula is C22H27N3O2. The number of carbonyl (C=O) groups excluding carboxylic acids is 1. The van der Waals surface area contributed by atoms with Crippen LogP contribution in [0.4, 0.5) is 0 Å². The molecule has 0 unspecified atom stereocenters. The number of hydrogen-bond acceptors (Lipinski definition) is 3. The number of ether oxygens (including phenoxy) is 1. The summed E-state index contributed by atoms with van der Waals surface area (Å²) in [6.45, 7) is 2.73. The highest BCUT2D eigenvalue weighted by molar-refractivity contribution is 5.81. The number of benzene rings is 1. The van der Waals surface area contributed by atoms with Crippen molar-refractivity contribution in [3.63, 3.8) is 0 Å². The van der Waals surface area contributed by atoms with E-state index in [1.165, 1.54) is 24.2 Å². The maximum absolute atomic E-state index is 13.0. The molecule has 1 aromatic carbocycles. The van der Waals surface area contributed by atoms with Gasteiger partial charge in [0, 0.05) is 37.9 Å². The normalized spacial score (nSPS) is 23.0. The van der Waals surface area contributed by atoms with E-state index >= 15 is 0 Å². The van der Waals surface area contributed by atoms with E-state index in [9.17, 15) is 4.79 Å². The average molecular weight is 365 g/mol. The lowest BCUT2D eigenvalue weighted by atomic mass is 9.94. The molecule has 142 valence electrons. The lowest BCUT2D eigenvalue weighted by Crippen LogP contribution is -2.46. The molecule has 2 aliphatic heterocycles. The van der Waals surface area contributed by atoms with E-state index in [1.807, 2.05) is 29.3 Å². The highest BCUT2D eigenvalue weighted by Gasteiger charge is 2.33. The lowest BCUT2D eigenvalue weighted by molar-refractivity contribution is -0.140. The Labute approximate surface area is 160 Å². The largest absolute Gasteiger partial charge is 0.480 e. The molecular weight excluding hydrogens is 338 g/mol. The average Bonchev–Trinajstić information content (AvgIpc) is 3.42. The number of imidazole rings is 1. The summed E-state index contributed by atoms with van der Waals surface area (Å²) in [6, 6.07) is 8.06. The lowest BCUT2D eigenvalue weighted by Gasteiger charge is -2.35. The summed E-state index contributed by atoms with van der Waals surface area (Å²) in [7, 11) is 0. The van der Waals surface area contributed by atoms with E-state index in [1.54, 1.807) is 0 Å². The van der Waals surface area contributed by atoms with Crippen LogP contribution in [-0.2, 0) is 17.8 Å². The van der Waals surface area contributed by atoms with Gasteiger partial charge in [-0.3, -0.25) is 4.79 Å². The molecule has 0 bridgehead atoms. The van der Waals surface area contributed by atoms with E-state index < -0.39 is 0 Å². The molecule has 0 radical (unpaired) electrons.